The highest BCUT2D eigenvalue weighted by atomic mass is 15.4. The number of aryl methyl sites for hydroxylation is 2. The van der Waals surface area contributed by atoms with E-state index in [0.29, 0.717) is 6.04 Å². The molecule has 1 aliphatic heterocycles. The van der Waals surface area contributed by atoms with Gasteiger partial charge in [0.1, 0.15) is 5.82 Å². The van der Waals surface area contributed by atoms with Gasteiger partial charge in [0, 0.05) is 37.2 Å². The summed E-state index contributed by atoms with van der Waals surface area (Å²) in [5.41, 5.74) is 2.05. The molecule has 1 N–H and O–H groups in total. The molecule has 2 aromatic heterocycles. The van der Waals surface area contributed by atoms with Crippen molar-refractivity contribution in [2.45, 2.75) is 45.3 Å². The first-order chi connectivity index (χ1) is 12.3. The van der Waals surface area contributed by atoms with E-state index in [2.05, 4.69) is 37.0 Å². The Hall–Kier alpha value is -2.60. The summed E-state index contributed by atoms with van der Waals surface area (Å²) in [7, 11) is 0. The van der Waals surface area contributed by atoms with Crippen molar-refractivity contribution in [1.82, 2.24) is 30.0 Å². The van der Waals surface area contributed by atoms with Crippen molar-refractivity contribution < 1.29 is 0 Å². The third-order valence-electron chi connectivity index (χ3n) is 4.54. The Morgan fingerprint density at radius 3 is 2.88 bits per heavy atom. The van der Waals surface area contributed by atoms with Crippen molar-refractivity contribution in [1.29, 1.82) is 0 Å². The maximum Gasteiger partial charge on any atom is 0.159 e. The van der Waals surface area contributed by atoms with E-state index in [1.807, 2.05) is 42.6 Å². The van der Waals surface area contributed by atoms with E-state index < -0.39 is 0 Å². The average molecular weight is 334 g/mol. The maximum atomic E-state index is 4.68. The van der Waals surface area contributed by atoms with Gasteiger partial charge in [-0.15, -0.1) is 0 Å². The lowest BCUT2D eigenvalue weighted by Crippen LogP contribution is -2.37. The van der Waals surface area contributed by atoms with Crippen LogP contribution >= 0.6 is 0 Å². The van der Waals surface area contributed by atoms with Crippen LogP contribution in [0.4, 0.5) is 0 Å². The van der Waals surface area contributed by atoms with Crippen LogP contribution in [0.5, 0.6) is 0 Å². The molecule has 0 fully saturated rings. The fraction of sp³-hybridized carbons (Fsp3) is 0.368. The Kier molecular flexibility index (Phi) is 4.52. The number of nitrogens with zero attached hydrogens (tertiary/aromatic N) is 5. The Labute approximate surface area is 147 Å². The highest BCUT2D eigenvalue weighted by Crippen LogP contribution is 2.15. The molecule has 0 unspecified atom stereocenters. The van der Waals surface area contributed by atoms with Gasteiger partial charge in [-0.2, -0.15) is 5.10 Å². The topological polar surface area (TPSA) is 68.5 Å². The number of aromatic nitrogens is 5. The minimum atomic E-state index is 0.397. The molecule has 4 rings (SSSR count). The Bertz CT molecular complexity index is 842. The van der Waals surface area contributed by atoms with Crippen molar-refractivity contribution >= 4 is 0 Å². The van der Waals surface area contributed by atoms with Crippen LogP contribution in [0.25, 0.3) is 11.4 Å². The molecule has 0 radical (unpaired) electrons. The SMILES string of the molecule is CCc1nc2n(n1)C[C@@H](NCc1ccnc(-c3ccccc3)n1)CC2. The molecule has 6 heteroatoms. The van der Waals surface area contributed by atoms with Crippen molar-refractivity contribution in [2.75, 3.05) is 0 Å². The van der Waals surface area contributed by atoms with Crippen LogP contribution in [-0.2, 0) is 25.9 Å². The predicted molar refractivity (Wildman–Crippen MR) is 95.8 cm³/mol. The first-order valence-corrected chi connectivity index (χ1v) is 8.85. The lowest BCUT2D eigenvalue weighted by molar-refractivity contribution is 0.356. The van der Waals surface area contributed by atoms with E-state index in [9.17, 15) is 0 Å². The quantitative estimate of drug-likeness (QED) is 0.776. The second-order valence-electron chi connectivity index (χ2n) is 6.33. The lowest BCUT2D eigenvalue weighted by Gasteiger charge is -2.23. The maximum absolute atomic E-state index is 4.68. The molecule has 0 saturated carbocycles. The number of hydrogen-bond acceptors (Lipinski definition) is 5. The fourth-order valence-corrected chi connectivity index (χ4v) is 3.15. The largest absolute Gasteiger partial charge is 0.307 e. The summed E-state index contributed by atoms with van der Waals surface area (Å²) in [5, 5.41) is 8.17. The van der Waals surface area contributed by atoms with Crippen molar-refractivity contribution in [2.24, 2.45) is 0 Å². The minimum absolute atomic E-state index is 0.397. The third kappa shape index (κ3) is 3.58. The van der Waals surface area contributed by atoms with E-state index in [1.54, 1.807) is 0 Å². The third-order valence-corrected chi connectivity index (χ3v) is 4.54. The minimum Gasteiger partial charge on any atom is -0.307 e. The van der Waals surface area contributed by atoms with Crippen molar-refractivity contribution in [3.05, 3.63) is 59.9 Å². The smallest absolute Gasteiger partial charge is 0.159 e. The molecule has 0 amide bonds. The van der Waals surface area contributed by atoms with Crippen LogP contribution in [0.3, 0.4) is 0 Å². The monoisotopic (exact) mass is 334 g/mol. The predicted octanol–water partition coefficient (Wildman–Crippen LogP) is 2.40. The van der Waals surface area contributed by atoms with E-state index in [1.165, 1.54) is 0 Å². The molecule has 128 valence electrons. The standard InChI is InChI=1S/C19H22N6/c1-2-17-23-18-9-8-16(13-25(18)24-17)21-12-15-10-11-20-19(22-15)14-6-4-3-5-7-14/h3-7,10-11,16,21H,2,8-9,12-13H2,1H3/t16-/m0/s1. The van der Waals surface area contributed by atoms with Gasteiger partial charge in [-0.3, -0.25) is 0 Å². The van der Waals surface area contributed by atoms with Gasteiger partial charge >= 0.3 is 0 Å². The Morgan fingerprint density at radius 1 is 1.16 bits per heavy atom. The van der Waals surface area contributed by atoms with E-state index >= 15 is 0 Å². The number of hydrogen-bond donors (Lipinski definition) is 1. The molecule has 25 heavy (non-hydrogen) atoms. The molecule has 3 aromatic rings. The van der Waals surface area contributed by atoms with Gasteiger partial charge in [0.15, 0.2) is 11.6 Å². The fourth-order valence-electron chi connectivity index (χ4n) is 3.15. The molecular formula is C19H22N6. The van der Waals surface area contributed by atoms with Gasteiger partial charge in [-0.1, -0.05) is 37.3 Å². The van der Waals surface area contributed by atoms with Gasteiger partial charge in [0.25, 0.3) is 0 Å². The second-order valence-corrected chi connectivity index (χ2v) is 6.33. The van der Waals surface area contributed by atoms with Crippen molar-refractivity contribution in [3.63, 3.8) is 0 Å². The first-order valence-electron chi connectivity index (χ1n) is 8.85. The van der Waals surface area contributed by atoms with Crippen molar-refractivity contribution in [3.8, 4) is 11.4 Å². The van der Waals surface area contributed by atoms with Gasteiger partial charge < -0.3 is 5.32 Å². The molecule has 3 heterocycles. The van der Waals surface area contributed by atoms with Crippen LogP contribution in [0.1, 0.15) is 30.7 Å². The van der Waals surface area contributed by atoms with Crippen LogP contribution in [0.15, 0.2) is 42.6 Å². The van der Waals surface area contributed by atoms with Crippen LogP contribution in [0.2, 0.25) is 0 Å². The normalized spacial score (nSPS) is 16.6. The summed E-state index contributed by atoms with van der Waals surface area (Å²) in [5.74, 6) is 2.83. The molecular weight excluding hydrogens is 312 g/mol. The van der Waals surface area contributed by atoms with Crippen LogP contribution in [-0.4, -0.2) is 30.8 Å². The highest BCUT2D eigenvalue weighted by molar-refractivity contribution is 5.54. The lowest BCUT2D eigenvalue weighted by atomic mass is 10.1. The Morgan fingerprint density at radius 2 is 2.04 bits per heavy atom. The van der Waals surface area contributed by atoms with Gasteiger partial charge in [0.05, 0.1) is 12.2 Å². The molecule has 0 spiro atoms. The van der Waals surface area contributed by atoms with E-state index in [4.69, 9.17) is 0 Å². The summed E-state index contributed by atoms with van der Waals surface area (Å²) < 4.78 is 2.05. The zero-order valence-corrected chi connectivity index (χ0v) is 14.4. The first kappa shape index (κ1) is 15.9. The number of fused-ring (bicyclic) bond motifs is 1. The van der Waals surface area contributed by atoms with Gasteiger partial charge in [-0.25, -0.2) is 19.6 Å². The molecule has 1 aliphatic rings. The molecule has 0 aliphatic carbocycles. The number of benzene rings is 1. The van der Waals surface area contributed by atoms with E-state index in [0.717, 1.165) is 61.1 Å². The average Bonchev–Trinajstić information content (AvgIpc) is 3.10. The zero-order valence-electron chi connectivity index (χ0n) is 14.4. The van der Waals surface area contributed by atoms with Gasteiger partial charge in [0.2, 0.25) is 0 Å². The summed E-state index contributed by atoms with van der Waals surface area (Å²) >= 11 is 0. The molecule has 1 aromatic carbocycles. The number of rotatable bonds is 5. The van der Waals surface area contributed by atoms with Crippen LogP contribution in [0, 0.1) is 0 Å². The Balaban J connectivity index is 1.40. The molecule has 0 bridgehead atoms. The second kappa shape index (κ2) is 7.11. The molecule has 6 nitrogen and oxygen atoms in total. The summed E-state index contributed by atoms with van der Waals surface area (Å²) in [6.45, 7) is 3.70. The van der Waals surface area contributed by atoms with Crippen LogP contribution < -0.4 is 5.32 Å². The van der Waals surface area contributed by atoms with Gasteiger partial charge in [-0.05, 0) is 12.5 Å². The highest BCUT2D eigenvalue weighted by Gasteiger charge is 2.21. The summed E-state index contributed by atoms with van der Waals surface area (Å²) in [6.07, 6.45) is 4.78. The number of nitrogens with one attached hydrogen (secondary N) is 1. The molecule has 1 atom stereocenters. The molecule has 0 saturated heterocycles. The van der Waals surface area contributed by atoms with E-state index in [-0.39, 0.29) is 0 Å². The summed E-state index contributed by atoms with van der Waals surface area (Å²) in [4.78, 5) is 13.6. The summed E-state index contributed by atoms with van der Waals surface area (Å²) in [6, 6.07) is 12.4. The zero-order chi connectivity index (χ0) is 17.1.